The molecule has 1 saturated heterocycles. The average Bonchev–Trinajstić information content (AvgIpc) is 3.16. The molecule has 2 N–H and O–H groups in total. The number of sulfonamides is 1. The summed E-state index contributed by atoms with van der Waals surface area (Å²) in [5.74, 6) is 1.43. The van der Waals surface area contributed by atoms with Crippen LogP contribution in [0.15, 0.2) is 40.5 Å². The van der Waals surface area contributed by atoms with E-state index in [0.29, 0.717) is 49.2 Å². The standard InChI is InChI=1S/C17H25F3N4O3S/c1-2-8-21-16(22-9-5-15-4-3-12-27-15)23-13-14-6-10-24(11-7-14)28(25,26)17(18,19)20/h2-4,12,14H,1,5-11,13H2,(H2,21,22,23). The summed E-state index contributed by atoms with van der Waals surface area (Å²) in [5.41, 5.74) is -5.25. The second kappa shape index (κ2) is 9.97. The number of aliphatic imine (C=N–C) groups is 1. The van der Waals surface area contributed by atoms with Gasteiger partial charge in [-0.1, -0.05) is 6.08 Å². The first kappa shape index (κ1) is 22.3. The van der Waals surface area contributed by atoms with Gasteiger partial charge in [0.2, 0.25) is 0 Å². The van der Waals surface area contributed by atoms with E-state index < -0.39 is 15.5 Å². The highest BCUT2D eigenvalue weighted by atomic mass is 32.2. The number of hydrogen-bond acceptors (Lipinski definition) is 4. The van der Waals surface area contributed by atoms with Gasteiger partial charge >= 0.3 is 15.5 Å². The minimum Gasteiger partial charge on any atom is -0.469 e. The lowest BCUT2D eigenvalue weighted by Crippen LogP contribution is -2.45. The maximum absolute atomic E-state index is 12.6. The summed E-state index contributed by atoms with van der Waals surface area (Å²) < 4.78 is 66.5. The van der Waals surface area contributed by atoms with Gasteiger partial charge in [-0.05, 0) is 30.9 Å². The minimum atomic E-state index is -5.25. The van der Waals surface area contributed by atoms with Crippen molar-refractivity contribution < 1.29 is 26.0 Å². The van der Waals surface area contributed by atoms with Crippen LogP contribution in [0.25, 0.3) is 0 Å². The van der Waals surface area contributed by atoms with E-state index >= 15 is 0 Å². The molecule has 0 bridgehead atoms. The minimum absolute atomic E-state index is 0.0205. The number of nitrogens with zero attached hydrogens (tertiary/aromatic N) is 2. The lowest BCUT2D eigenvalue weighted by Gasteiger charge is -2.30. The molecule has 28 heavy (non-hydrogen) atoms. The normalized spacial score (nSPS) is 17.5. The summed E-state index contributed by atoms with van der Waals surface area (Å²) in [6.07, 6.45) is 4.63. The second-order valence-corrected chi connectivity index (χ2v) is 8.34. The molecule has 0 radical (unpaired) electrons. The lowest BCUT2D eigenvalue weighted by atomic mass is 9.98. The van der Waals surface area contributed by atoms with Gasteiger partial charge in [0.05, 0.1) is 6.26 Å². The summed E-state index contributed by atoms with van der Waals surface area (Å²) in [5, 5.41) is 6.24. The van der Waals surface area contributed by atoms with Crippen LogP contribution in [0.3, 0.4) is 0 Å². The van der Waals surface area contributed by atoms with Crippen LogP contribution >= 0.6 is 0 Å². The SMILES string of the molecule is C=CCNC(=NCC1CCN(S(=O)(=O)C(F)(F)F)CC1)NCCc1ccco1. The van der Waals surface area contributed by atoms with Gasteiger partial charge in [-0.3, -0.25) is 4.99 Å². The Morgan fingerprint density at radius 1 is 1.36 bits per heavy atom. The molecule has 0 aliphatic carbocycles. The van der Waals surface area contributed by atoms with E-state index in [-0.39, 0.29) is 19.0 Å². The molecule has 158 valence electrons. The zero-order valence-electron chi connectivity index (χ0n) is 15.4. The Balaban J connectivity index is 1.84. The number of halogens is 3. The number of rotatable bonds is 8. The molecule has 2 heterocycles. The second-order valence-electron chi connectivity index (χ2n) is 6.41. The van der Waals surface area contributed by atoms with Crippen molar-refractivity contribution in [3.63, 3.8) is 0 Å². The largest absolute Gasteiger partial charge is 0.511 e. The summed E-state index contributed by atoms with van der Waals surface area (Å²) >= 11 is 0. The van der Waals surface area contributed by atoms with Crippen molar-refractivity contribution in [3.8, 4) is 0 Å². The number of piperidine rings is 1. The zero-order valence-corrected chi connectivity index (χ0v) is 16.2. The smallest absolute Gasteiger partial charge is 0.469 e. The number of hydrogen-bond donors (Lipinski definition) is 2. The molecule has 1 aliphatic rings. The summed E-state index contributed by atoms with van der Waals surface area (Å²) in [7, 11) is -5.25. The highest BCUT2D eigenvalue weighted by Gasteiger charge is 2.50. The monoisotopic (exact) mass is 422 g/mol. The zero-order chi connectivity index (χ0) is 20.6. The first-order valence-corrected chi connectivity index (χ1v) is 10.4. The van der Waals surface area contributed by atoms with E-state index in [9.17, 15) is 21.6 Å². The lowest BCUT2D eigenvalue weighted by molar-refractivity contribution is -0.0496. The predicted octanol–water partition coefficient (Wildman–Crippen LogP) is 2.10. The van der Waals surface area contributed by atoms with Crippen LogP contribution in [0.1, 0.15) is 18.6 Å². The van der Waals surface area contributed by atoms with Crippen LogP contribution in [0, 0.1) is 5.92 Å². The molecule has 2 rings (SSSR count). The molecule has 0 unspecified atom stereocenters. The molecular formula is C17H25F3N4O3S. The molecule has 0 spiro atoms. The third kappa shape index (κ3) is 6.26. The molecule has 1 aliphatic heterocycles. The van der Waals surface area contributed by atoms with Crippen molar-refractivity contribution in [2.45, 2.75) is 24.8 Å². The fourth-order valence-corrected chi connectivity index (χ4v) is 3.79. The maximum Gasteiger partial charge on any atom is 0.511 e. The Morgan fingerprint density at radius 3 is 2.64 bits per heavy atom. The van der Waals surface area contributed by atoms with Gasteiger partial charge in [0, 0.05) is 39.1 Å². The Hall–Kier alpha value is -2.01. The van der Waals surface area contributed by atoms with Crippen LogP contribution in [0.4, 0.5) is 13.2 Å². The van der Waals surface area contributed by atoms with Gasteiger partial charge in [0.25, 0.3) is 0 Å². The van der Waals surface area contributed by atoms with Crippen molar-refractivity contribution in [2.24, 2.45) is 10.9 Å². The molecule has 11 heteroatoms. The van der Waals surface area contributed by atoms with Gasteiger partial charge in [-0.15, -0.1) is 6.58 Å². The Labute approximate surface area is 162 Å². The molecule has 0 aromatic carbocycles. The number of nitrogens with one attached hydrogen (secondary N) is 2. The Bertz CT molecular complexity index is 740. The van der Waals surface area contributed by atoms with Gasteiger partial charge in [-0.25, -0.2) is 8.42 Å². The van der Waals surface area contributed by atoms with Crippen molar-refractivity contribution >= 4 is 16.0 Å². The third-order valence-electron chi connectivity index (χ3n) is 4.37. The van der Waals surface area contributed by atoms with E-state index in [0.717, 1.165) is 5.76 Å². The van der Waals surface area contributed by atoms with Gasteiger partial charge in [-0.2, -0.15) is 17.5 Å². The average molecular weight is 422 g/mol. The van der Waals surface area contributed by atoms with Crippen LogP contribution in [0.5, 0.6) is 0 Å². The molecule has 0 saturated carbocycles. The first-order valence-electron chi connectivity index (χ1n) is 8.96. The predicted molar refractivity (Wildman–Crippen MR) is 100 cm³/mol. The molecule has 7 nitrogen and oxygen atoms in total. The number of furan rings is 1. The van der Waals surface area contributed by atoms with Gasteiger partial charge in [0.1, 0.15) is 5.76 Å². The van der Waals surface area contributed by atoms with Gasteiger partial charge in [0.15, 0.2) is 5.96 Å². The quantitative estimate of drug-likeness (QED) is 0.381. The third-order valence-corrected chi connectivity index (χ3v) is 6.00. The Morgan fingerprint density at radius 2 is 2.07 bits per heavy atom. The molecule has 0 atom stereocenters. The van der Waals surface area contributed by atoms with Crippen LogP contribution in [-0.2, 0) is 16.4 Å². The topological polar surface area (TPSA) is 86.9 Å². The van der Waals surface area contributed by atoms with Crippen molar-refractivity contribution in [3.05, 3.63) is 36.8 Å². The van der Waals surface area contributed by atoms with E-state index in [1.165, 1.54) is 0 Å². The summed E-state index contributed by atoms with van der Waals surface area (Å²) in [6.45, 7) is 4.84. The fourth-order valence-electron chi connectivity index (χ4n) is 2.80. The van der Waals surface area contributed by atoms with Crippen molar-refractivity contribution in [1.82, 2.24) is 14.9 Å². The van der Waals surface area contributed by atoms with Crippen molar-refractivity contribution in [1.29, 1.82) is 0 Å². The number of alkyl halides is 3. The molecule has 1 aromatic rings. The maximum atomic E-state index is 12.6. The van der Waals surface area contributed by atoms with E-state index in [4.69, 9.17) is 4.42 Å². The summed E-state index contributed by atoms with van der Waals surface area (Å²) in [4.78, 5) is 4.47. The van der Waals surface area contributed by atoms with Crippen LogP contribution in [-0.4, -0.2) is 56.9 Å². The fraction of sp³-hybridized carbons (Fsp3) is 0.588. The molecule has 1 aromatic heterocycles. The van der Waals surface area contributed by atoms with E-state index in [1.807, 2.05) is 12.1 Å². The van der Waals surface area contributed by atoms with Crippen LogP contribution < -0.4 is 10.6 Å². The van der Waals surface area contributed by atoms with E-state index in [2.05, 4.69) is 22.2 Å². The first-order chi connectivity index (χ1) is 13.2. The summed E-state index contributed by atoms with van der Waals surface area (Å²) in [6, 6.07) is 3.68. The van der Waals surface area contributed by atoms with Crippen molar-refractivity contribution in [2.75, 3.05) is 32.7 Å². The molecule has 0 amide bonds. The number of guanidine groups is 1. The van der Waals surface area contributed by atoms with Gasteiger partial charge < -0.3 is 15.1 Å². The molecule has 1 fully saturated rings. The van der Waals surface area contributed by atoms with E-state index in [1.54, 1.807) is 12.3 Å². The Kier molecular flexibility index (Phi) is 7.93. The highest BCUT2D eigenvalue weighted by molar-refractivity contribution is 7.90. The highest BCUT2D eigenvalue weighted by Crippen LogP contribution is 2.30. The molecular weight excluding hydrogens is 397 g/mol. The van der Waals surface area contributed by atoms with Crippen LogP contribution in [0.2, 0.25) is 0 Å².